The van der Waals surface area contributed by atoms with Crippen LogP contribution in [0.4, 0.5) is 11.4 Å². The number of hydrogen-bond donors (Lipinski definition) is 3. The van der Waals surface area contributed by atoms with Gasteiger partial charge in [0.25, 0.3) is 11.8 Å². The van der Waals surface area contributed by atoms with E-state index in [-0.39, 0.29) is 30.5 Å². The van der Waals surface area contributed by atoms with Crippen LogP contribution in [0.25, 0.3) is 0 Å². The van der Waals surface area contributed by atoms with Crippen molar-refractivity contribution in [2.45, 2.75) is 13.8 Å². The highest BCUT2D eigenvalue weighted by Gasteiger charge is 2.19. The number of anilines is 2. The fourth-order valence-corrected chi connectivity index (χ4v) is 2.94. The number of amides is 2. The van der Waals surface area contributed by atoms with Gasteiger partial charge in [0.2, 0.25) is 0 Å². The molecular weight excluding hydrogens is 394 g/mol. The predicted molar refractivity (Wildman–Crippen MR) is 112 cm³/mol. The Kier molecular flexibility index (Phi) is 8.18. The summed E-state index contributed by atoms with van der Waals surface area (Å²) in [5, 5.41) is 6.09. The average molecular weight is 419 g/mol. The summed E-state index contributed by atoms with van der Waals surface area (Å²) in [6.45, 7) is 4.54. The fourth-order valence-electron chi connectivity index (χ4n) is 2.76. The maximum Gasteiger partial charge on any atom is 0.339 e. The van der Waals surface area contributed by atoms with Crippen molar-refractivity contribution in [2.75, 3.05) is 37.4 Å². The molecule has 0 aliphatic rings. The lowest BCUT2D eigenvalue weighted by Gasteiger charge is -2.18. The summed E-state index contributed by atoms with van der Waals surface area (Å²) in [4.78, 5) is 37.4. The standard InChI is InChI=1S/C21H24ClN3O4/c1-4-25(13-20(27)24-18-11-15(22)10-9-14(18)2)12-19(26)23-17-8-6-5-7-16(17)21(28)29-3/h5-11H,4,12-13H2,1-3H3,(H,23,26)(H,24,27)/p+1. The molecule has 154 valence electrons. The van der Waals surface area contributed by atoms with Crippen LogP contribution in [0.15, 0.2) is 42.5 Å². The van der Waals surface area contributed by atoms with Crippen molar-refractivity contribution >= 4 is 40.8 Å². The molecule has 0 saturated heterocycles. The van der Waals surface area contributed by atoms with Gasteiger partial charge in [-0.3, -0.25) is 9.59 Å². The quantitative estimate of drug-likeness (QED) is 0.571. The highest BCUT2D eigenvalue weighted by molar-refractivity contribution is 6.31. The van der Waals surface area contributed by atoms with Crippen molar-refractivity contribution in [3.8, 4) is 0 Å². The first kappa shape index (κ1) is 22.4. The number of carbonyl (C=O) groups excluding carboxylic acids is 3. The van der Waals surface area contributed by atoms with Crippen molar-refractivity contribution in [2.24, 2.45) is 0 Å². The van der Waals surface area contributed by atoms with Crippen LogP contribution in [0.5, 0.6) is 0 Å². The van der Waals surface area contributed by atoms with Gasteiger partial charge in [-0.05, 0) is 43.7 Å². The molecule has 7 nitrogen and oxygen atoms in total. The zero-order valence-corrected chi connectivity index (χ0v) is 17.4. The highest BCUT2D eigenvalue weighted by Crippen LogP contribution is 2.20. The van der Waals surface area contributed by atoms with E-state index < -0.39 is 5.97 Å². The Balaban J connectivity index is 1.97. The fraction of sp³-hybridized carbons (Fsp3) is 0.286. The van der Waals surface area contributed by atoms with E-state index in [0.717, 1.165) is 10.5 Å². The Morgan fingerprint density at radius 1 is 1.00 bits per heavy atom. The van der Waals surface area contributed by atoms with Gasteiger partial charge in [-0.15, -0.1) is 0 Å². The Hall–Kier alpha value is -2.90. The smallest absolute Gasteiger partial charge is 0.339 e. The van der Waals surface area contributed by atoms with E-state index in [1.165, 1.54) is 7.11 Å². The first-order chi connectivity index (χ1) is 13.8. The Bertz CT molecular complexity index is 901. The van der Waals surface area contributed by atoms with Crippen LogP contribution in [0.1, 0.15) is 22.8 Å². The third-order valence-corrected chi connectivity index (χ3v) is 4.64. The van der Waals surface area contributed by atoms with Crippen molar-refractivity contribution in [3.05, 3.63) is 58.6 Å². The summed E-state index contributed by atoms with van der Waals surface area (Å²) in [5.74, 6) is -1.04. The Morgan fingerprint density at radius 3 is 2.24 bits per heavy atom. The van der Waals surface area contributed by atoms with Crippen molar-refractivity contribution in [1.82, 2.24) is 0 Å². The number of rotatable bonds is 8. The Labute approximate surface area is 175 Å². The van der Waals surface area contributed by atoms with E-state index in [2.05, 4.69) is 10.6 Å². The van der Waals surface area contributed by atoms with Crippen LogP contribution in [-0.4, -0.2) is 44.5 Å². The van der Waals surface area contributed by atoms with Crippen molar-refractivity contribution in [1.29, 1.82) is 0 Å². The molecule has 0 fully saturated rings. The third kappa shape index (κ3) is 6.58. The molecule has 2 rings (SSSR count). The summed E-state index contributed by atoms with van der Waals surface area (Å²) < 4.78 is 4.73. The average Bonchev–Trinajstić information content (AvgIpc) is 2.70. The van der Waals surface area contributed by atoms with E-state index in [4.69, 9.17) is 16.3 Å². The topological polar surface area (TPSA) is 88.9 Å². The van der Waals surface area contributed by atoms with Crippen molar-refractivity contribution < 1.29 is 24.0 Å². The van der Waals surface area contributed by atoms with Gasteiger partial charge in [-0.2, -0.15) is 0 Å². The number of methoxy groups -OCH3 is 1. The number of ether oxygens (including phenoxy) is 1. The molecule has 0 aliphatic carbocycles. The van der Waals surface area contributed by atoms with Gasteiger partial charge in [-0.1, -0.05) is 29.8 Å². The number of carbonyl (C=O) groups is 3. The second kappa shape index (κ2) is 10.6. The van der Waals surface area contributed by atoms with Gasteiger partial charge >= 0.3 is 5.97 Å². The number of likely N-dealkylation sites (N-methyl/N-ethyl adjacent to an activating group) is 1. The maximum absolute atomic E-state index is 12.5. The molecule has 0 spiro atoms. The van der Waals surface area contributed by atoms with Gasteiger partial charge in [-0.25, -0.2) is 4.79 Å². The van der Waals surface area contributed by atoms with Crippen LogP contribution in [-0.2, 0) is 14.3 Å². The zero-order chi connectivity index (χ0) is 21.4. The lowest BCUT2D eigenvalue weighted by atomic mass is 10.2. The highest BCUT2D eigenvalue weighted by atomic mass is 35.5. The molecule has 0 radical (unpaired) electrons. The second-order valence-corrected chi connectivity index (χ2v) is 6.99. The van der Waals surface area contributed by atoms with Crippen LogP contribution < -0.4 is 15.5 Å². The van der Waals surface area contributed by atoms with Gasteiger partial charge in [0.15, 0.2) is 13.1 Å². The SMILES string of the molecule is CC[NH+](CC(=O)Nc1cc(Cl)ccc1C)CC(=O)Nc1ccccc1C(=O)OC. The number of para-hydroxylation sites is 1. The Morgan fingerprint density at radius 2 is 1.62 bits per heavy atom. The second-order valence-electron chi connectivity index (χ2n) is 6.55. The molecule has 29 heavy (non-hydrogen) atoms. The van der Waals surface area contributed by atoms with Gasteiger partial charge in [0.05, 0.1) is 24.9 Å². The minimum absolute atomic E-state index is 0.0773. The summed E-state index contributed by atoms with van der Waals surface area (Å²) >= 11 is 5.98. The van der Waals surface area contributed by atoms with Gasteiger partial charge < -0.3 is 20.3 Å². The summed E-state index contributed by atoms with van der Waals surface area (Å²) in [5.41, 5.74) is 2.20. The van der Waals surface area contributed by atoms with Crippen LogP contribution in [0.2, 0.25) is 5.02 Å². The van der Waals surface area contributed by atoms with E-state index in [1.807, 2.05) is 19.9 Å². The third-order valence-electron chi connectivity index (χ3n) is 4.40. The molecule has 3 N–H and O–H groups in total. The summed E-state index contributed by atoms with van der Waals surface area (Å²) in [6.07, 6.45) is 0. The molecule has 2 amide bonds. The predicted octanol–water partition coefficient (Wildman–Crippen LogP) is 1.92. The van der Waals surface area contributed by atoms with Gasteiger partial charge in [0, 0.05) is 10.7 Å². The molecule has 0 bridgehead atoms. The molecule has 2 aromatic carbocycles. The maximum atomic E-state index is 12.5. The van der Waals surface area contributed by atoms with E-state index in [9.17, 15) is 14.4 Å². The van der Waals surface area contributed by atoms with Gasteiger partial charge in [0.1, 0.15) is 0 Å². The lowest BCUT2D eigenvalue weighted by Crippen LogP contribution is -3.13. The lowest BCUT2D eigenvalue weighted by molar-refractivity contribution is -0.881. The molecular formula is C21H25ClN3O4+. The molecule has 0 saturated carbocycles. The first-order valence-electron chi connectivity index (χ1n) is 9.20. The number of benzene rings is 2. The first-order valence-corrected chi connectivity index (χ1v) is 9.58. The molecule has 2 aromatic rings. The number of quaternary nitrogens is 1. The molecule has 1 unspecified atom stereocenters. The number of nitrogens with one attached hydrogen (secondary N) is 3. The number of aryl methyl sites for hydroxylation is 1. The zero-order valence-electron chi connectivity index (χ0n) is 16.7. The molecule has 0 heterocycles. The van der Waals surface area contributed by atoms with E-state index in [1.54, 1.807) is 36.4 Å². The summed E-state index contributed by atoms with van der Waals surface area (Å²) in [6, 6.07) is 11.9. The number of esters is 1. The van der Waals surface area contributed by atoms with E-state index in [0.29, 0.717) is 22.9 Å². The number of hydrogen-bond acceptors (Lipinski definition) is 4. The van der Waals surface area contributed by atoms with Crippen LogP contribution in [0.3, 0.4) is 0 Å². The van der Waals surface area contributed by atoms with Crippen LogP contribution in [0, 0.1) is 6.92 Å². The largest absolute Gasteiger partial charge is 0.465 e. The van der Waals surface area contributed by atoms with Crippen LogP contribution >= 0.6 is 11.6 Å². The monoisotopic (exact) mass is 418 g/mol. The normalized spacial score (nSPS) is 11.4. The van der Waals surface area contributed by atoms with Crippen molar-refractivity contribution in [3.63, 3.8) is 0 Å². The summed E-state index contributed by atoms with van der Waals surface area (Å²) in [7, 11) is 1.28. The minimum Gasteiger partial charge on any atom is -0.465 e. The number of halogens is 1. The molecule has 1 atom stereocenters. The molecule has 0 aliphatic heterocycles. The molecule has 0 aromatic heterocycles. The van der Waals surface area contributed by atoms with E-state index >= 15 is 0 Å². The molecule has 8 heteroatoms. The minimum atomic E-state index is -0.531.